The van der Waals surface area contributed by atoms with Crippen molar-refractivity contribution >= 4 is 10.8 Å². The van der Waals surface area contributed by atoms with Gasteiger partial charge in [-0.25, -0.2) is 0 Å². The average molecular weight is 247 g/mol. The molecule has 0 amide bonds. The largest absolute Gasteiger partial charge is 0.326 e. The van der Waals surface area contributed by atoms with Crippen molar-refractivity contribution in [2.24, 2.45) is 5.73 Å². The number of hydrogen-bond donors (Lipinski definition) is 1. The van der Waals surface area contributed by atoms with Gasteiger partial charge in [0.05, 0.1) is 0 Å². The van der Waals surface area contributed by atoms with Crippen LogP contribution in [0.25, 0.3) is 21.9 Å². The number of aryl methyl sites for hydroxylation is 1. The first kappa shape index (κ1) is 11.9. The maximum absolute atomic E-state index is 5.66. The third-order valence-corrected chi connectivity index (χ3v) is 3.62. The molecule has 0 saturated carbocycles. The lowest BCUT2D eigenvalue weighted by Crippen LogP contribution is -1.95. The summed E-state index contributed by atoms with van der Waals surface area (Å²) in [6, 6.07) is 21.4. The molecule has 3 aromatic carbocycles. The number of hydrogen-bond acceptors (Lipinski definition) is 1. The Bertz CT molecular complexity index is 711. The summed E-state index contributed by atoms with van der Waals surface area (Å²) in [6.45, 7) is 2.76. The van der Waals surface area contributed by atoms with Gasteiger partial charge in [-0.15, -0.1) is 0 Å². The Kier molecular flexibility index (Phi) is 3.06. The van der Waals surface area contributed by atoms with Gasteiger partial charge in [-0.05, 0) is 39.9 Å². The molecule has 2 N–H and O–H groups in total. The van der Waals surface area contributed by atoms with E-state index in [0.29, 0.717) is 6.54 Å². The lowest BCUT2D eigenvalue weighted by molar-refractivity contribution is 1.07. The molecule has 94 valence electrons. The minimum atomic E-state index is 0.592. The van der Waals surface area contributed by atoms with Gasteiger partial charge in [0.25, 0.3) is 0 Å². The van der Waals surface area contributed by atoms with Crippen molar-refractivity contribution in [3.05, 3.63) is 71.8 Å². The number of rotatable bonds is 2. The molecule has 0 heterocycles. The summed E-state index contributed by atoms with van der Waals surface area (Å²) in [5.74, 6) is 0. The summed E-state index contributed by atoms with van der Waals surface area (Å²) in [4.78, 5) is 0. The summed E-state index contributed by atoms with van der Waals surface area (Å²) in [5, 5.41) is 2.59. The van der Waals surface area contributed by atoms with Crippen LogP contribution >= 0.6 is 0 Å². The monoisotopic (exact) mass is 247 g/mol. The first-order chi connectivity index (χ1) is 9.29. The smallest absolute Gasteiger partial charge is 0.0178 e. The summed E-state index contributed by atoms with van der Waals surface area (Å²) >= 11 is 0. The highest BCUT2D eigenvalue weighted by atomic mass is 14.5. The van der Waals surface area contributed by atoms with Crippen molar-refractivity contribution in [1.82, 2.24) is 0 Å². The Morgan fingerprint density at radius 1 is 0.842 bits per heavy atom. The van der Waals surface area contributed by atoms with E-state index in [2.05, 4.69) is 67.6 Å². The summed E-state index contributed by atoms with van der Waals surface area (Å²) < 4.78 is 0. The molecule has 0 saturated heterocycles. The SMILES string of the molecule is Cc1ccc2ccccc2c1-c1ccc(CN)cc1. The first-order valence-electron chi connectivity index (χ1n) is 6.57. The minimum absolute atomic E-state index is 0.592. The molecule has 0 spiro atoms. The molecule has 0 unspecified atom stereocenters. The highest BCUT2D eigenvalue weighted by molar-refractivity contribution is 5.98. The van der Waals surface area contributed by atoms with Crippen LogP contribution in [-0.4, -0.2) is 0 Å². The van der Waals surface area contributed by atoms with Crippen LogP contribution in [0.5, 0.6) is 0 Å². The fraction of sp³-hybridized carbons (Fsp3) is 0.111. The van der Waals surface area contributed by atoms with E-state index in [1.54, 1.807) is 0 Å². The average Bonchev–Trinajstić information content (AvgIpc) is 2.47. The van der Waals surface area contributed by atoms with Gasteiger partial charge in [0.15, 0.2) is 0 Å². The highest BCUT2D eigenvalue weighted by Crippen LogP contribution is 2.31. The van der Waals surface area contributed by atoms with E-state index in [0.717, 1.165) is 0 Å². The molecule has 0 aliphatic rings. The molecule has 0 aliphatic carbocycles. The third kappa shape index (κ3) is 2.13. The zero-order chi connectivity index (χ0) is 13.2. The van der Waals surface area contributed by atoms with Crippen molar-refractivity contribution in [2.75, 3.05) is 0 Å². The van der Waals surface area contributed by atoms with Crippen LogP contribution in [0.15, 0.2) is 60.7 Å². The van der Waals surface area contributed by atoms with Crippen molar-refractivity contribution in [2.45, 2.75) is 13.5 Å². The van der Waals surface area contributed by atoms with E-state index in [-0.39, 0.29) is 0 Å². The van der Waals surface area contributed by atoms with Crippen LogP contribution in [0.3, 0.4) is 0 Å². The van der Waals surface area contributed by atoms with Crippen molar-refractivity contribution < 1.29 is 0 Å². The molecule has 0 fully saturated rings. The minimum Gasteiger partial charge on any atom is -0.326 e. The van der Waals surface area contributed by atoms with Gasteiger partial charge in [0.2, 0.25) is 0 Å². The molecule has 0 radical (unpaired) electrons. The number of benzene rings is 3. The van der Waals surface area contributed by atoms with Crippen LogP contribution in [0.1, 0.15) is 11.1 Å². The molecule has 3 rings (SSSR count). The molecule has 1 heteroatoms. The fourth-order valence-electron chi connectivity index (χ4n) is 2.57. The van der Waals surface area contributed by atoms with Crippen LogP contribution in [0, 0.1) is 6.92 Å². The van der Waals surface area contributed by atoms with Gasteiger partial charge < -0.3 is 5.73 Å². The third-order valence-electron chi connectivity index (χ3n) is 3.62. The molecule has 3 aromatic rings. The molecule has 0 atom stereocenters. The highest BCUT2D eigenvalue weighted by Gasteiger charge is 2.06. The zero-order valence-electron chi connectivity index (χ0n) is 11.1. The van der Waals surface area contributed by atoms with E-state index in [9.17, 15) is 0 Å². The lowest BCUT2D eigenvalue weighted by atomic mass is 9.93. The zero-order valence-corrected chi connectivity index (χ0v) is 11.1. The summed E-state index contributed by atoms with van der Waals surface area (Å²) in [7, 11) is 0. The summed E-state index contributed by atoms with van der Waals surface area (Å²) in [5.41, 5.74) is 10.7. The van der Waals surface area contributed by atoms with E-state index < -0.39 is 0 Å². The Hall–Kier alpha value is -2.12. The summed E-state index contributed by atoms with van der Waals surface area (Å²) in [6.07, 6.45) is 0. The Morgan fingerprint density at radius 3 is 2.32 bits per heavy atom. The molecule has 0 aliphatic heterocycles. The predicted molar refractivity (Wildman–Crippen MR) is 82.0 cm³/mol. The van der Waals surface area contributed by atoms with E-state index in [4.69, 9.17) is 5.73 Å². The van der Waals surface area contributed by atoms with Gasteiger partial charge in [-0.1, -0.05) is 60.7 Å². The molecular weight excluding hydrogens is 230 g/mol. The standard InChI is InChI=1S/C18H17N/c1-13-6-9-15-4-2-3-5-17(15)18(13)16-10-7-14(12-19)8-11-16/h2-11H,12,19H2,1H3. The maximum atomic E-state index is 5.66. The molecule has 19 heavy (non-hydrogen) atoms. The second kappa shape index (κ2) is 4.87. The molecule has 0 aromatic heterocycles. The molecular formula is C18H17N. The van der Waals surface area contributed by atoms with Gasteiger partial charge in [-0.3, -0.25) is 0 Å². The van der Waals surface area contributed by atoms with E-state index in [1.165, 1.54) is 33.0 Å². The second-order valence-electron chi connectivity index (χ2n) is 4.88. The lowest BCUT2D eigenvalue weighted by Gasteiger charge is -2.11. The maximum Gasteiger partial charge on any atom is 0.0178 e. The molecule has 1 nitrogen and oxygen atoms in total. The van der Waals surface area contributed by atoms with Gasteiger partial charge in [0, 0.05) is 6.54 Å². The van der Waals surface area contributed by atoms with Crippen LogP contribution in [0.4, 0.5) is 0 Å². The topological polar surface area (TPSA) is 26.0 Å². The van der Waals surface area contributed by atoms with Gasteiger partial charge >= 0.3 is 0 Å². The van der Waals surface area contributed by atoms with Crippen molar-refractivity contribution in [1.29, 1.82) is 0 Å². The van der Waals surface area contributed by atoms with Crippen molar-refractivity contribution in [3.8, 4) is 11.1 Å². The number of nitrogens with two attached hydrogens (primary N) is 1. The normalized spacial score (nSPS) is 10.8. The number of fused-ring (bicyclic) bond motifs is 1. The van der Waals surface area contributed by atoms with Gasteiger partial charge in [0.1, 0.15) is 0 Å². The molecule has 0 bridgehead atoms. The van der Waals surface area contributed by atoms with E-state index in [1.807, 2.05) is 0 Å². The van der Waals surface area contributed by atoms with Gasteiger partial charge in [-0.2, -0.15) is 0 Å². The van der Waals surface area contributed by atoms with Crippen LogP contribution < -0.4 is 5.73 Å². The predicted octanol–water partition coefficient (Wildman–Crippen LogP) is 4.27. The Labute approximate surface area is 113 Å². The Balaban J connectivity index is 2.25. The Morgan fingerprint density at radius 2 is 1.58 bits per heavy atom. The first-order valence-corrected chi connectivity index (χ1v) is 6.57. The van der Waals surface area contributed by atoms with E-state index >= 15 is 0 Å². The van der Waals surface area contributed by atoms with Crippen molar-refractivity contribution in [3.63, 3.8) is 0 Å². The quantitative estimate of drug-likeness (QED) is 0.719. The van der Waals surface area contributed by atoms with Crippen LogP contribution in [-0.2, 0) is 6.54 Å². The van der Waals surface area contributed by atoms with Crippen LogP contribution in [0.2, 0.25) is 0 Å². The fourth-order valence-corrected chi connectivity index (χ4v) is 2.57. The second-order valence-corrected chi connectivity index (χ2v) is 4.88.